The molecule has 0 aliphatic carbocycles. The predicted octanol–water partition coefficient (Wildman–Crippen LogP) is 0.188. The molecule has 8 heteroatoms. The Labute approximate surface area is 128 Å². The molecule has 120 valence electrons. The Morgan fingerprint density at radius 1 is 1.38 bits per heavy atom. The Morgan fingerprint density at radius 3 is 2.48 bits per heavy atom. The van der Waals surface area contributed by atoms with Crippen molar-refractivity contribution >= 4 is 29.7 Å². The van der Waals surface area contributed by atoms with E-state index >= 15 is 0 Å². The summed E-state index contributed by atoms with van der Waals surface area (Å²) in [6, 6.07) is -1.29. The van der Waals surface area contributed by atoms with Crippen molar-refractivity contribution < 1.29 is 19.1 Å². The number of rotatable bonds is 6. The zero-order valence-corrected chi connectivity index (χ0v) is 13.3. The van der Waals surface area contributed by atoms with E-state index < -0.39 is 12.1 Å². The maximum absolute atomic E-state index is 12.4. The van der Waals surface area contributed by atoms with Crippen molar-refractivity contribution in [1.82, 2.24) is 10.2 Å². The summed E-state index contributed by atoms with van der Waals surface area (Å²) in [6.45, 7) is 0.990. The van der Waals surface area contributed by atoms with E-state index in [2.05, 4.69) is 5.32 Å². The molecular formula is C13H23N3O4S. The third-order valence-corrected chi connectivity index (χ3v) is 4.21. The molecule has 1 aliphatic rings. The number of thioether (sulfide) groups is 1. The van der Waals surface area contributed by atoms with Crippen molar-refractivity contribution in [2.24, 2.45) is 11.7 Å². The predicted molar refractivity (Wildman–Crippen MR) is 80.8 cm³/mol. The molecule has 1 heterocycles. The van der Waals surface area contributed by atoms with Gasteiger partial charge in [-0.2, -0.15) is 11.8 Å². The van der Waals surface area contributed by atoms with Crippen LogP contribution < -0.4 is 11.1 Å². The van der Waals surface area contributed by atoms with Crippen LogP contribution in [0.3, 0.4) is 0 Å². The number of nitrogens with two attached hydrogens (primary N) is 1. The summed E-state index contributed by atoms with van der Waals surface area (Å²) in [4.78, 5) is 36.6. The Bertz CT molecular complexity index is 384. The fraction of sp³-hybridized carbons (Fsp3) is 0.769. The second-order valence-electron chi connectivity index (χ2n) is 4.97. The van der Waals surface area contributed by atoms with Crippen LogP contribution in [0.1, 0.15) is 19.3 Å². The van der Waals surface area contributed by atoms with E-state index in [4.69, 9.17) is 10.5 Å². The molecule has 0 radical (unpaired) electrons. The number of hydrogen-bond donors (Lipinski definition) is 2. The first-order chi connectivity index (χ1) is 9.99. The van der Waals surface area contributed by atoms with Gasteiger partial charge in [0.05, 0.1) is 13.0 Å². The number of hydrogen-bond acceptors (Lipinski definition) is 5. The van der Waals surface area contributed by atoms with Crippen LogP contribution in [0.2, 0.25) is 0 Å². The van der Waals surface area contributed by atoms with Gasteiger partial charge in [-0.3, -0.25) is 9.59 Å². The van der Waals surface area contributed by atoms with Crippen LogP contribution >= 0.6 is 11.8 Å². The first-order valence-electron chi connectivity index (χ1n) is 6.91. The Balaban J connectivity index is 2.56. The Hall–Kier alpha value is -1.44. The number of urea groups is 1. The van der Waals surface area contributed by atoms with Gasteiger partial charge < -0.3 is 20.7 Å². The number of primary amides is 1. The number of ether oxygens (including phenoxy) is 1. The number of carbonyl (C=O) groups is 3. The molecule has 0 aromatic carbocycles. The van der Waals surface area contributed by atoms with E-state index in [1.54, 1.807) is 16.7 Å². The number of methoxy groups -OCH3 is 1. The van der Waals surface area contributed by atoms with Crippen LogP contribution in [0.4, 0.5) is 4.79 Å². The summed E-state index contributed by atoms with van der Waals surface area (Å²) in [6.07, 6.45) is 3.65. The van der Waals surface area contributed by atoms with Gasteiger partial charge in [0.2, 0.25) is 5.91 Å². The lowest BCUT2D eigenvalue weighted by Gasteiger charge is -2.33. The van der Waals surface area contributed by atoms with Gasteiger partial charge in [-0.25, -0.2) is 4.79 Å². The number of nitrogens with zero attached hydrogens (tertiary/aromatic N) is 1. The fourth-order valence-corrected chi connectivity index (χ4v) is 2.86. The quantitative estimate of drug-likeness (QED) is 0.681. The van der Waals surface area contributed by atoms with Gasteiger partial charge in [0.25, 0.3) is 0 Å². The summed E-state index contributed by atoms with van der Waals surface area (Å²) < 4.78 is 4.72. The van der Waals surface area contributed by atoms with Crippen LogP contribution in [0.25, 0.3) is 0 Å². The molecule has 3 N–H and O–H groups in total. The molecule has 1 fully saturated rings. The lowest BCUT2D eigenvalue weighted by molar-refractivity contribution is -0.149. The molecule has 1 atom stereocenters. The summed E-state index contributed by atoms with van der Waals surface area (Å²) >= 11 is 1.60. The number of nitrogens with one attached hydrogen (secondary N) is 1. The molecule has 7 nitrogen and oxygen atoms in total. The Kier molecular flexibility index (Phi) is 7.35. The number of esters is 1. The van der Waals surface area contributed by atoms with Gasteiger partial charge >= 0.3 is 12.0 Å². The topological polar surface area (TPSA) is 102 Å². The minimum absolute atomic E-state index is 0.133. The minimum Gasteiger partial charge on any atom is -0.469 e. The van der Waals surface area contributed by atoms with Gasteiger partial charge in [-0.05, 0) is 31.3 Å². The molecule has 0 spiro atoms. The van der Waals surface area contributed by atoms with Crippen LogP contribution in [0.5, 0.6) is 0 Å². The number of likely N-dealkylation sites (tertiary alicyclic amines) is 1. The maximum atomic E-state index is 12.4. The molecule has 0 bridgehead atoms. The van der Waals surface area contributed by atoms with Gasteiger partial charge in [0.15, 0.2) is 0 Å². The molecule has 21 heavy (non-hydrogen) atoms. The van der Waals surface area contributed by atoms with Crippen molar-refractivity contribution in [3.05, 3.63) is 0 Å². The molecule has 0 saturated carbocycles. The van der Waals surface area contributed by atoms with Gasteiger partial charge in [0.1, 0.15) is 6.04 Å². The summed E-state index contributed by atoms with van der Waals surface area (Å²) in [5.41, 5.74) is 5.12. The molecular weight excluding hydrogens is 294 g/mol. The maximum Gasteiger partial charge on any atom is 0.312 e. The SMILES string of the molecule is COC(=O)C1CCN(C(=O)C(CCSC)NC(N)=O)CC1. The first kappa shape index (κ1) is 17.6. The van der Waals surface area contributed by atoms with E-state index in [1.165, 1.54) is 7.11 Å². The van der Waals surface area contributed by atoms with Crippen molar-refractivity contribution in [2.75, 3.05) is 32.2 Å². The van der Waals surface area contributed by atoms with Crippen LogP contribution in [0, 0.1) is 5.92 Å². The smallest absolute Gasteiger partial charge is 0.312 e. The van der Waals surface area contributed by atoms with Gasteiger partial charge in [0, 0.05) is 13.1 Å². The highest BCUT2D eigenvalue weighted by molar-refractivity contribution is 7.98. The van der Waals surface area contributed by atoms with E-state index in [9.17, 15) is 14.4 Å². The highest BCUT2D eigenvalue weighted by atomic mass is 32.2. The summed E-state index contributed by atoms with van der Waals surface area (Å²) in [7, 11) is 1.37. The lowest BCUT2D eigenvalue weighted by Crippen LogP contribution is -2.52. The van der Waals surface area contributed by atoms with Crippen molar-refractivity contribution in [3.8, 4) is 0 Å². The zero-order chi connectivity index (χ0) is 15.8. The molecule has 1 saturated heterocycles. The summed E-state index contributed by atoms with van der Waals surface area (Å²) in [5.74, 6) is 0.255. The van der Waals surface area contributed by atoms with Gasteiger partial charge in [-0.1, -0.05) is 0 Å². The monoisotopic (exact) mass is 317 g/mol. The third-order valence-electron chi connectivity index (χ3n) is 3.57. The van der Waals surface area contributed by atoms with Crippen LogP contribution in [0.15, 0.2) is 0 Å². The average Bonchev–Trinajstić information content (AvgIpc) is 2.49. The van der Waals surface area contributed by atoms with Crippen LogP contribution in [-0.4, -0.2) is 61.1 Å². The van der Waals surface area contributed by atoms with Crippen molar-refractivity contribution in [3.63, 3.8) is 0 Å². The standard InChI is InChI=1S/C13H23N3O4S/c1-20-12(18)9-3-6-16(7-4-9)11(17)10(5-8-21-2)15-13(14)19/h9-10H,3-8H2,1-2H3,(H3,14,15,19). The average molecular weight is 317 g/mol. The van der Waals surface area contributed by atoms with Crippen molar-refractivity contribution in [2.45, 2.75) is 25.3 Å². The second-order valence-corrected chi connectivity index (χ2v) is 5.95. The number of amides is 3. The largest absolute Gasteiger partial charge is 0.469 e. The first-order valence-corrected chi connectivity index (χ1v) is 8.30. The normalized spacial score (nSPS) is 17.1. The van der Waals surface area contributed by atoms with E-state index in [0.29, 0.717) is 32.4 Å². The van der Waals surface area contributed by atoms with Gasteiger partial charge in [-0.15, -0.1) is 0 Å². The molecule has 1 aliphatic heterocycles. The minimum atomic E-state index is -0.695. The number of carbonyl (C=O) groups excluding carboxylic acids is 3. The van der Waals surface area contributed by atoms with Crippen molar-refractivity contribution in [1.29, 1.82) is 0 Å². The van der Waals surface area contributed by atoms with E-state index in [1.807, 2.05) is 6.26 Å². The second kappa shape index (κ2) is 8.76. The third kappa shape index (κ3) is 5.45. The highest BCUT2D eigenvalue weighted by Gasteiger charge is 2.31. The zero-order valence-electron chi connectivity index (χ0n) is 12.5. The highest BCUT2D eigenvalue weighted by Crippen LogP contribution is 2.19. The molecule has 3 amide bonds. The van der Waals surface area contributed by atoms with Crippen LogP contribution in [-0.2, 0) is 14.3 Å². The molecule has 1 rings (SSSR count). The Morgan fingerprint density at radius 2 is 2.00 bits per heavy atom. The molecule has 0 aromatic heterocycles. The van der Waals surface area contributed by atoms with E-state index in [-0.39, 0.29) is 17.8 Å². The number of piperidine rings is 1. The molecule has 1 unspecified atom stereocenters. The molecule has 0 aromatic rings. The lowest BCUT2D eigenvalue weighted by atomic mass is 9.96. The van der Waals surface area contributed by atoms with E-state index in [0.717, 1.165) is 5.75 Å². The summed E-state index contributed by atoms with van der Waals surface area (Å²) in [5, 5.41) is 2.50. The fourth-order valence-electron chi connectivity index (χ4n) is 2.39.